The van der Waals surface area contributed by atoms with Gasteiger partial charge >= 0.3 is 5.97 Å². The minimum Gasteiger partial charge on any atom is -0.463 e. The van der Waals surface area contributed by atoms with Gasteiger partial charge in [0.05, 0.1) is 17.8 Å². The van der Waals surface area contributed by atoms with E-state index in [0.717, 1.165) is 38.5 Å². The summed E-state index contributed by atoms with van der Waals surface area (Å²) < 4.78 is 19.0. The molecule has 2 N–H and O–H groups in total. The molecule has 2 aliphatic heterocycles. The molecular weight excluding hydrogens is 456 g/mol. The monoisotopic (exact) mass is 504 g/mol. The molecule has 2 saturated heterocycles. The topological polar surface area (TPSA) is 85.2 Å². The van der Waals surface area contributed by atoms with Crippen LogP contribution in [0, 0.1) is 46.3 Å². The van der Waals surface area contributed by atoms with Gasteiger partial charge in [-0.15, -0.1) is 0 Å². The average Bonchev–Trinajstić information content (AvgIpc) is 3.25. The van der Waals surface area contributed by atoms with Gasteiger partial charge in [0.1, 0.15) is 11.7 Å². The summed E-state index contributed by atoms with van der Waals surface area (Å²) >= 11 is 0. The fraction of sp³-hybridized carbons (Fsp3) is 0.967. The van der Waals surface area contributed by atoms with Gasteiger partial charge in [-0.1, -0.05) is 20.8 Å². The summed E-state index contributed by atoms with van der Waals surface area (Å²) in [6, 6.07) is 0. The zero-order valence-corrected chi connectivity index (χ0v) is 23.4. The first-order valence-corrected chi connectivity index (χ1v) is 14.6. The van der Waals surface area contributed by atoms with Gasteiger partial charge in [0.15, 0.2) is 5.79 Å². The number of esters is 1. The van der Waals surface area contributed by atoms with Crippen molar-refractivity contribution in [2.45, 2.75) is 135 Å². The highest BCUT2D eigenvalue weighted by molar-refractivity contribution is 5.66. The quantitative estimate of drug-likeness (QED) is 0.497. The first-order valence-electron chi connectivity index (χ1n) is 14.6. The van der Waals surface area contributed by atoms with Crippen LogP contribution in [0.1, 0.15) is 99.8 Å². The fourth-order valence-electron chi connectivity index (χ4n) is 11.0. The number of ether oxygens (including phenoxy) is 3. The van der Waals surface area contributed by atoms with Crippen molar-refractivity contribution < 1.29 is 29.2 Å². The van der Waals surface area contributed by atoms with Crippen molar-refractivity contribution >= 4 is 5.97 Å². The van der Waals surface area contributed by atoms with Crippen LogP contribution in [0.15, 0.2) is 0 Å². The largest absolute Gasteiger partial charge is 0.463 e. The zero-order valence-electron chi connectivity index (χ0n) is 23.4. The number of aliphatic hydroxyl groups is 2. The number of hydrogen-bond acceptors (Lipinski definition) is 6. The molecule has 0 radical (unpaired) electrons. The van der Waals surface area contributed by atoms with E-state index in [-0.39, 0.29) is 52.5 Å². The molecule has 6 heteroatoms. The van der Waals surface area contributed by atoms with Crippen molar-refractivity contribution in [2.24, 2.45) is 46.3 Å². The predicted molar refractivity (Wildman–Crippen MR) is 135 cm³/mol. The van der Waals surface area contributed by atoms with E-state index in [9.17, 15) is 15.0 Å². The molecule has 4 aliphatic carbocycles. The normalized spacial score (nSPS) is 59.2. The van der Waals surface area contributed by atoms with Crippen LogP contribution in [0.25, 0.3) is 0 Å². The van der Waals surface area contributed by atoms with E-state index in [1.54, 1.807) is 0 Å². The molecule has 1 spiro atoms. The maximum Gasteiger partial charge on any atom is 0.302 e. The van der Waals surface area contributed by atoms with Gasteiger partial charge in [0, 0.05) is 19.3 Å². The second kappa shape index (κ2) is 7.70. The minimum atomic E-state index is -1.10. The summed E-state index contributed by atoms with van der Waals surface area (Å²) in [4.78, 5) is 11.6. The summed E-state index contributed by atoms with van der Waals surface area (Å²) in [5.74, 6) is 0.715. The number of hydrogen-bond donors (Lipinski definition) is 2. The molecule has 0 amide bonds. The van der Waals surface area contributed by atoms with E-state index in [0.29, 0.717) is 36.5 Å². The first-order chi connectivity index (χ1) is 16.6. The second-order valence-electron chi connectivity index (χ2n) is 14.9. The summed E-state index contributed by atoms with van der Waals surface area (Å²) in [7, 11) is 0. The molecule has 4 saturated carbocycles. The highest BCUT2D eigenvalue weighted by Gasteiger charge is 2.77. The lowest BCUT2D eigenvalue weighted by Gasteiger charge is -2.63. The van der Waals surface area contributed by atoms with Crippen molar-refractivity contribution in [3.63, 3.8) is 0 Å². The van der Waals surface area contributed by atoms with E-state index in [1.807, 2.05) is 6.92 Å². The van der Waals surface area contributed by atoms with Crippen LogP contribution in [0.2, 0.25) is 0 Å². The van der Waals surface area contributed by atoms with Crippen LogP contribution >= 0.6 is 0 Å². The Morgan fingerprint density at radius 3 is 2.36 bits per heavy atom. The van der Waals surface area contributed by atoms with E-state index in [1.165, 1.54) is 6.92 Å². The Labute approximate surface area is 216 Å². The van der Waals surface area contributed by atoms with Crippen molar-refractivity contribution in [3.05, 3.63) is 0 Å². The molecule has 6 nitrogen and oxygen atoms in total. The molecule has 13 atom stereocenters. The Balaban J connectivity index is 1.28. The Morgan fingerprint density at radius 1 is 1.00 bits per heavy atom. The summed E-state index contributed by atoms with van der Waals surface area (Å²) in [6.45, 7) is 14.6. The smallest absolute Gasteiger partial charge is 0.302 e. The fourth-order valence-corrected chi connectivity index (χ4v) is 11.0. The molecule has 8 unspecified atom stereocenters. The summed E-state index contributed by atoms with van der Waals surface area (Å²) in [5.41, 5.74) is -1.55. The standard InChI is InChI=1S/C30H48O6/c1-16-14-30(36-26(16,3)4)29(7,33)25-23(35-30)13-21-20-9-8-18-12-19(34-17(2)31)10-11-27(18,5)24(20)22(32)15-28(21,25)6/h16,18-25,32-33H,8-15H2,1-7H3/t16-,18?,19+,20?,21?,22?,23-,24?,25?,27-,28-,29?,30?/m0/s1. The lowest BCUT2D eigenvalue weighted by Crippen LogP contribution is -2.62. The van der Waals surface area contributed by atoms with E-state index < -0.39 is 11.4 Å². The summed E-state index contributed by atoms with van der Waals surface area (Å²) in [5, 5.41) is 24.1. The van der Waals surface area contributed by atoms with Gasteiger partial charge < -0.3 is 24.4 Å². The van der Waals surface area contributed by atoms with Crippen LogP contribution in [0.3, 0.4) is 0 Å². The average molecular weight is 505 g/mol. The molecule has 0 aromatic rings. The number of aliphatic hydroxyl groups excluding tert-OH is 1. The van der Waals surface area contributed by atoms with Crippen LogP contribution in [-0.2, 0) is 19.0 Å². The summed E-state index contributed by atoms with van der Waals surface area (Å²) in [6.07, 6.45) is 7.00. The SMILES string of the molecule is CC(=O)O[C@@H]1CC[C@@]2(C)C(CCC3C4C[C@@H]5OC6(C[C@H](C)C(C)(C)O6)C(C)(O)C5[C@@]4(C)CC(O)C32)C1. The highest BCUT2D eigenvalue weighted by Crippen LogP contribution is 2.72. The van der Waals surface area contributed by atoms with E-state index in [2.05, 4.69) is 34.6 Å². The molecule has 36 heavy (non-hydrogen) atoms. The predicted octanol–water partition coefficient (Wildman–Crippen LogP) is 4.84. The van der Waals surface area contributed by atoms with Gasteiger partial charge in [0.2, 0.25) is 0 Å². The third kappa shape index (κ3) is 3.20. The maximum absolute atomic E-state index is 12.2. The second-order valence-corrected chi connectivity index (χ2v) is 14.9. The third-order valence-corrected chi connectivity index (χ3v) is 12.8. The third-order valence-electron chi connectivity index (χ3n) is 12.8. The molecular formula is C30H48O6. The van der Waals surface area contributed by atoms with E-state index in [4.69, 9.17) is 14.2 Å². The van der Waals surface area contributed by atoms with Gasteiger partial charge in [-0.2, -0.15) is 0 Å². The lowest BCUT2D eigenvalue weighted by atomic mass is 9.43. The number of rotatable bonds is 1. The van der Waals surface area contributed by atoms with Gasteiger partial charge in [-0.05, 0) is 106 Å². The highest BCUT2D eigenvalue weighted by atomic mass is 16.7. The molecule has 6 fully saturated rings. The van der Waals surface area contributed by atoms with Crippen molar-refractivity contribution in [1.29, 1.82) is 0 Å². The van der Waals surface area contributed by atoms with Crippen molar-refractivity contribution in [3.8, 4) is 0 Å². The maximum atomic E-state index is 12.2. The number of carbonyl (C=O) groups excluding carboxylic acids is 1. The Kier molecular flexibility index (Phi) is 5.47. The van der Waals surface area contributed by atoms with Crippen LogP contribution in [0.4, 0.5) is 0 Å². The molecule has 204 valence electrons. The van der Waals surface area contributed by atoms with Crippen molar-refractivity contribution in [2.75, 3.05) is 0 Å². The first kappa shape index (κ1) is 25.6. The van der Waals surface area contributed by atoms with Crippen LogP contribution < -0.4 is 0 Å². The molecule has 6 aliphatic rings. The molecule has 0 aromatic heterocycles. The number of fused-ring (bicyclic) bond motifs is 7. The van der Waals surface area contributed by atoms with Gasteiger partial charge in [-0.3, -0.25) is 4.79 Å². The Bertz CT molecular complexity index is 930. The molecule has 0 bridgehead atoms. The van der Waals surface area contributed by atoms with Gasteiger partial charge in [0.25, 0.3) is 0 Å². The van der Waals surface area contributed by atoms with Crippen molar-refractivity contribution in [1.82, 2.24) is 0 Å². The lowest BCUT2D eigenvalue weighted by molar-refractivity contribution is -0.300. The van der Waals surface area contributed by atoms with Crippen LogP contribution in [0.5, 0.6) is 0 Å². The molecule has 0 aromatic carbocycles. The number of carbonyl (C=O) groups is 1. The zero-order chi connectivity index (χ0) is 26.1. The Morgan fingerprint density at radius 2 is 1.72 bits per heavy atom. The van der Waals surface area contributed by atoms with E-state index >= 15 is 0 Å². The van der Waals surface area contributed by atoms with Crippen LogP contribution in [-0.4, -0.2) is 51.5 Å². The Hall–Kier alpha value is -0.690. The molecule has 6 rings (SSSR count). The van der Waals surface area contributed by atoms with Gasteiger partial charge in [-0.25, -0.2) is 0 Å². The molecule has 2 heterocycles. The minimum absolute atomic E-state index is 0.0201.